The molecule has 1 N–H and O–H groups in total. The summed E-state index contributed by atoms with van der Waals surface area (Å²) in [6.45, 7) is 10.1. The van der Waals surface area contributed by atoms with Crippen LogP contribution in [0.1, 0.15) is 47.0 Å². The van der Waals surface area contributed by atoms with E-state index in [0.29, 0.717) is 6.54 Å². The summed E-state index contributed by atoms with van der Waals surface area (Å²) in [5, 5.41) is 8.85. The van der Waals surface area contributed by atoms with Crippen LogP contribution in [-0.4, -0.2) is 52.6 Å². The van der Waals surface area contributed by atoms with E-state index in [1.54, 1.807) is 11.8 Å². The SMILES string of the molecule is CCN(C(=O)N1CCCC(C)(C)C1)C(C)CC(=O)O. The number of piperidine rings is 1. The second-order valence-electron chi connectivity index (χ2n) is 6.20. The number of nitrogens with zero attached hydrogens (tertiary/aromatic N) is 2. The van der Waals surface area contributed by atoms with Crippen molar-refractivity contribution in [3.63, 3.8) is 0 Å². The van der Waals surface area contributed by atoms with Crippen LogP contribution in [0.4, 0.5) is 4.79 Å². The number of carbonyl (C=O) groups excluding carboxylic acids is 1. The first-order valence-corrected chi connectivity index (χ1v) is 7.04. The summed E-state index contributed by atoms with van der Waals surface area (Å²) < 4.78 is 0. The van der Waals surface area contributed by atoms with Crippen LogP contribution in [-0.2, 0) is 4.79 Å². The zero-order chi connectivity index (χ0) is 14.6. The molecule has 0 saturated carbocycles. The van der Waals surface area contributed by atoms with E-state index in [2.05, 4.69) is 13.8 Å². The van der Waals surface area contributed by atoms with E-state index >= 15 is 0 Å². The van der Waals surface area contributed by atoms with Crippen LogP contribution in [0, 0.1) is 5.41 Å². The first-order chi connectivity index (χ1) is 8.76. The van der Waals surface area contributed by atoms with Crippen molar-refractivity contribution in [1.82, 2.24) is 9.80 Å². The summed E-state index contributed by atoms with van der Waals surface area (Å²) in [7, 11) is 0. The predicted molar refractivity (Wildman–Crippen MR) is 74.1 cm³/mol. The molecule has 0 aliphatic carbocycles. The first-order valence-electron chi connectivity index (χ1n) is 7.04. The van der Waals surface area contributed by atoms with Gasteiger partial charge >= 0.3 is 12.0 Å². The van der Waals surface area contributed by atoms with Crippen LogP contribution >= 0.6 is 0 Å². The number of aliphatic carboxylic acids is 1. The van der Waals surface area contributed by atoms with Gasteiger partial charge in [0.15, 0.2) is 0 Å². The largest absolute Gasteiger partial charge is 0.481 e. The summed E-state index contributed by atoms with van der Waals surface area (Å²) in [5.41, 5.74) is 0.156. The van der Waals surface area contributed by atoms with Gasteiger partial charge in [-0.25, -0.2) is 4.79 Å². The van der Waals surface area contributed by atoms with Gasteiger partial charge < -0.3 is 14.9 Å². The summed E-state index contributed by atoms with van der Waals surface area (Å²) in [6.07, 6.45) is 2.15. The van der Waals surface area contributed by atoms with Crippen molar-refractivity contribution in [2.24, 2.45) is 5.41 Å². The van der Waals surface area contributed by atoms with Crippen LogP contribution in [0.25, 0.3) is 0 Å². The minimum atomic E-state index is -0.863. The van der Waals surface area contributed by atoms with Crippen LogP contribution < -0.4 is 0 Å². The number of carboxylic acid groups (broad SMARTS) is 1. The molecule has 1 atom stereocenters. The van der Waals surface area contributed by atoms with Crippen molar-refractivity contribution in [2.45, 2.75) is 53.0 Å². The molecule has 1 saturated heterocycles. The maximum atomic E-state index is 12.5. The van der Waals surface area contributed by atoms with Crippen LogP contribution in [0.3, 0.4) is 0 Å². The molecule has 1 unspecified atom stereocenters. The van der Waals surface area contributed by atoms with Crippen molar-refractivity contribution in [3.05, 3.63) is 0 Å². The number of carboxylic acids is 1. The Balaban J connectivity index is 2.70. The van der Waals surface area contributed by atoms with Crippen LogP contribution in [0.15, 0.2) is 0 Å². The fourth-order valence-electron chi connectivity index (χ4n) is 2.77. The van der Waals surface area contributed by atoms with E-state index in [9.17, 15) is 9.59 Å². The number of urea groups is 1. The van der Waals surface area contributed by atoms with E-state index in [-0.39, 0.29) is 23.9 Å². The highest BCUT2D eigenvalue weighted by Crippen LogP contribution is 2.29. The molecule has 0 bridgehead atoms. The lowest BCUT2D eigenvalue weighted by atomic mass is 9.84. The van der Waals surface area contributed by atoms with Crippen molar-refractivity contribution >= 4 is 12.0 Å². The van der Waals surface area contributed by atoms with Gasteiger partial charge in [0, 0.05) is 25.7 Å². The van der Waals surface area contributed by atoms with E-state index < -0.39 is 5.97 Å². The summed E-state index contributed by atoms with van der Waals surface area (Å²) in [4.78, 5) is 26.8. The van der Waals surface area contributed by atoms with Gasteiger partial charge in [0.05, 0.1) is 6.42 Å². The zero-order valence-electron chi connectivity index (χ0n) is 12.5. The second kappa shape index (κ2) is 6.26. The Morgan fingerprint density at radius 2 is 2.05 bits per heavy atom. The lowest BCUT2D eigenvalue weighted by molar-refractivity contribution is -0.138. The van der Waals surface area contributed by atoms with Crippen molar-refractivity contribution in [1.29, 1.82) is 0 Å². The Labute approximate surface area is 115 Å². The number of likely N-dealkylation sites (tertiary alicyclic amines) is 1. The van der Waals surface area contributed by atoms with Gasteiger partial charge in [0.25, 0.3) is 0 Å². The molecule has 1 aliphatic heterocycles. The molecule has 1 heterocycles. The molecular formula is C14H26N2O3. The maximum Gasteiger partial charge on any atom is 0.320 e. The van der Waals surface area contributed by atoms with E-state index in [1.165, 1.54) is 0 Å². The van der Waals surface area contributed by atoms with Gasteiger partial charge in [-0.3, -0.25) is 4.79 Å². The lowest BCUT2D eigenvalue weighted by Crippen LogP contribution is -2.52. The highest BCUT2D eigenvalue weighted by atomic mass is 16.4. The number of rotatable bonds is 4. The standard InChI is InChI=1S/C14H26N2O3/c1-5-16(11(2)9-12(17)18)13(19)15-8-6-7-14(3,4)10-15/h11H,5-10H2,1-4H3,(H,17,18). The number of hydrogen-bond donors (Lipinski definition) is 1. The number of amides is 2. The molecule has 19 heavy (non-hydrogen) atoms. The molecule has 1 fully saturated rings. The Bertz CT molecular complexity index is 342. The third-order valence-corrected chi connectivity index (χ3v) is 3.76. The minimum absolute atomic E-state index is 0.00316. The van der Waals surface area contributed by atoms with Gasteiger partial charge in [-0.05, 0) is 32.1 Å². The summed E-state index contributed by atoms with van der Waals surface area (Å²) in [6, 6.07) is -0.288. The monoisotopic (exact) mass is 270 g/mol. The fraction of sp³-hybridized carbons (Fsp3) is 0.857. The van der Waals surface area contributed by atoms with E-state index in [4.69, 9.17) is 5.11 Å². The highest BCUT2D eigenvalue weighted by Gasteiger charge is 2.32. The third-order valence-electron chi connectivity index (χ3n) is 3.76. The predicted octanol–water partition coefficient (Wildman–Crippen LogP) is 2.41. The fourth-order valence-corrected chi connectivity index (χ4v) is 2.77. The smallest absolute Gasteiger partial charge is 0.320 e. The van der Waals surface area contributed by atoms with E-state index in [0.717, 1.165) is 25.9 Å². The van der Waals surface area contributed by atoms with Gasteiger partial charge in [-0.1, -0.05) is 13.8 Å². The molecule has 5 nitrogen and oxygen atoms in total. The molecule has 110 valence electrons. The molecule has 0 aromatic rings. The van der Waals surface area contributed by atoms with Gasteiger partial charge in [-0.15, -0.1) is 0 Å². The summed E-state index contributed by atoms with van der Waals surface area (Å²) in [5.74, 6) is -0.863. The lowest BCUT2D eigenvalue weighted by Gasteiger charge is -2.41. The molecule has 0 radical (unpaired) electrons. The van der Waals surface area contributed by atoms with Crippen molar-refractivity contribution < 1.29 is 14.7 Å². The van der Waals surface area contributed by atoms with Gasteiger partial charge in [0.2, 0.25) is 0 Å². The molecule has 2 amide bonds. The van der Waals surface area contributed by atoms with Crippen LogP contribution in [0.5, 0.6) is 0 Å². The minimum Gasteiger partial charge on any atom is -0.481 e. The maximum absolute atomic E-state index is 12.5. The average Bonchev–Trinajstić information content (AvgIpc) is 2.27. The van der Waals surface area contributed by atoms with Crippen molar-refractivity contribution in [2.75, 3.05) is 19.6 Å². The molecular weight excluding hydrogens is 244 g/mol. The molecule has 0 aromatic carbocycles. The number of hydrogen-bond acceptors (Lipinski definition) is 2. The van der Waals surface area contributed by atoms with Gasteiger partial charge in [0.1, 0.15) is 0 Å². The molecule has 1 rings (SSSR count). The second-order valence-corrected chi connectivity index (χ2v) is 6.20. The molecule has 5 heteroatoms. The Morgan fingerprint density at radius 3 is 2.53 bits per heavy atom. The summed E-state index contributed by atoms with van der Waals surface area (Å²) >= 11 is 0. The third kappa shape index (κ3) is 4.40. The Hall–Kier alpha value is -1.26. The average molecular weight is 270 g/mol. The van der Waals surface area contributed by atoms with Crippen LogP contribution in [0.2, 0.25) is 0 Å². The Kier molecular flexibility index (Phi) is 5.20. The molecule has 1 aliphatic rings. The quantitative estimate of drug-likeness (QED) is 0.853. The molecule has 0 spiro atoms. The topological polar surface area (TPSA) is 60.9 Å². The zero-order valence-corrected chi connectivity index (χ0v) is 12.5. The van der Waals surface area contributed by atoms with E-state index in [1.807, 2.05) is 11.8 Å². The normalized spacial score (nSPS) is 19.9. The first kappa shape index (κ1) is 15.8. The number of carbonyl (C=O) groups is 2. The van der Waals surface area contributed by atoms with Gasteiger partial charge in [-0.2, -0.15) is 0 Å². The highest BCUT2D eigenvalue weighted by molar-refractivity contribution is 5.76. The molecule has 0 aromatic heterocycles. The van der Waals surface area contributed by atoms with Crippen molar-refractivity contribution in [3.8, 4) is 0 Å². The Morgan fingerprint density at radius 1 is 1.42 bits per heavy atom.